The third kappa shape index (κ3) is 9.42. The molecule has 8 heteroatoms. The van der Waals surface area contributed by atoms with E-state index < -0.39 is 0 Å². The Bertz CT molecular complexity index is 707. The van der Waals surface area contributed by atoms with E-state index in [-0.39, 0.29) is 0 Å². The Morgan fingerprint density at radius 2 is 1.56 bits per heavy atom. The van der Waals surface area contributed by atoms with Gasteiger partial charge in [-0.05, 0) is 26.7 Å². The predicted octanol–water partition coefficient (Wildman–Crippen LogP) is 4.42. The maximum absolute atomic E-state index is 9.85. The minimum atomic E-state index is 0.544. The first kappa shape index (κ1) is 21.4. The molecule has 0 atom stereocenters. The Hall–Kier alpha value is -1.64. The van der Waals surface area contributed by atoms with Gasteiger partial charge in [-0.15, -0.1) is 34.0 Å². The van der Waals surface area contributed by atoms with Gasteiger partial charge < -0.3 is 5.32 Å². The summed E-state index contributed by atoms with van der Waals surface area (Å²) in [5.74, 6) is 0. The summed E-state index contributed by atoms with van der Waals surface area (Å²) in [6.07, 6.45) is 8.37. The smallest absolute Gasteiger partial charge is 0.207 e. The van der Waals surface area contributed by atoms with Crippen molar-refractivity contribution in [3.63, 3.8) is 0 Å². The molecule has 25 heavy (non-hydrogen) atoms. The lowest BCUT2D eigenvalue weighted by Gasteiger charge is -1.89. The van der Waals surface area contributed by atoms with Crippen LogP contribution in [0.5, 0.6) is 0 Å². The maximum Gasteiger partial charge on any atom is 0.207 e. The van der Waals surface area contributed by atoms with Crippen LogP contribution in [0.15, 0.2) is 24.0 Å². The Kier molecular flexibility index (Phi) is 10.9. The quantitative estimate of drug-likeness (QED) is 0.648. The van der Waals surface area contributed by atoms with E-state index in [0.29, 0.717) is 13.0 Å². The second kappa shape index (κ2) is 12.7. The second-order valence-corrected chi connectivity index (χ2v) is 8.48. The zero-order valence-corrected chi connectivity index (χ0v) is 17.4. The van der Waals surface area contributed by atoms with Crippen LogP contribution in [-0.4, -0.2) is 21.4 Å². The van der Waals surface area contributed by atoms with Crippen molar-refractivity contribution in [1.82, 2.24) is 20.3 Å². The zero-order chi connectivity index (χ0) is 18.5. The predicted molar refractivity (Wildman–Crippen MR) is 107 cm³/mol. The van der Waals surface area contributed by atoms with Crippen molar-refractivity contribution in [2.75, 3.05) is 0 Å². The van der Waals surface area contributed by atoms with Gasteiger partial charge in [0.25, 0.3) is 0 Å². The fourth-order valence-electron chi connectivity index (χ4n) is 1.60. The minimum Gasteiger partial charge on any atom is -0.352 e. The van der Waals surface area contributed by atoms with Crippen LogP contribution >= 0.6 is 34.0 Å². The molecule has 0 aromatic carbocycles. The molecule has 136 valence electrons. The molecular weight excluding hydrogens is 372 g/mol. The Labute approximate surface area is 161 Å². The fraction of sp³-hybridized carbons (Fsp3) is 0.412. The lowest BCUT2D eigenvalue weighted by Crippen LogP contribution is -2.08. The number of carbonyl (C=O) groups is 1. The van der Waals surface area contributed by atoms with Crippen LogP contribution in [-0.2, 0) is 24.2 Å². The van der Waals surface area contributed by atoms with E-state index in [0.717, 1.165) is 17.8 Å². The van der Waals surface area contributed by atoms with Crippen molar-refractivity contribution in [3.05, 3.63) is 48.7 Å². The van der Waals surface area contributed by atoms with E-state index in [1.807, 2.05) is 24.7 Å². The van der Waals surface area contributed by atoms with Crippen molar-refractivity contribution in [2.24, 2.45) is 0 Å². The van der Waals surface area contributed by atoms with Gasteiger partial charge in [-0.3, -0.25) is 4.79 Å². The molecule has 0 saturated carbocycles. The highest BCUT2D eigenvalue weighted by Gasteiger charge is 1.95. The Morgan fingerprint density at radius 1 is 0.960 bits per heavy atom. The van der Waals surface area contributed by atoms with Gasteiger partial charge in [0.05, 0.1) is 16.6 Å². The number of aryl methyl sites for hydroxylation is 4. The summed E-state index contributed by atoms with van der Waals surface area (Å²) in [6, 6.07) is 0. The Morgan fingerprint density at radius 3 is 1.88 bits per heavy atom. The van der Waals surface area contributed by atoms with Crippen molar-refractivity contribution < 1.29 is 4.79 Å². The third-order valence-corrected chi connectivity index (χ3v) is 5.66. The van der Waals surface area contributed by atoms with Gasteiger partial charge in [0.1, 0.15) is 5.01 Å². The number of aromatic nitrogens is 3. The van der Waals surface area contributed by atoms with Crippen LogP contribution in [0.2, 0.25) is 0 Å². The molecule has 0 fully saturated rings. The van der Waals surface area contributed by atoms with Crippen molar-refractivity contribution in [1.29, 1.82) is 0 Å². The number of nitrogens with one attached hydrogen (secondary N) is 1. The highest BCUT2D eigenvalue weighted by atomic mass is 32.1. The summed E-state index contributed by atoms with van der Waals surface area (Å²) in [5.41, 5.74) is 0. The average molecular weight is 397 g/mol. The van der Waals surface area contributed by atoms with E-state index in [2.05, 4.69) is 41.0 Å². The summed E-state index contributed by atoms with van der Waals surface area (Å²) < 4.78 is 0. The van der Waals surface area contributed by atoms with Crippen molar-refractivity contribution in [3.8, 4) is 0 Å². The number of hydrogen-bond acceptors (Lipinski definition) is 7. The molecule has 0 bridgehead atoms. The SMILES string of the molecule is CCc1ncc(C)s1.CCc1nccs1.Cc1cnc(CNC=O)s1. The van der Waals surface area contributed by atoms with E-state index in [4.69, 9.17) is 0 Å². The van der Waals surface area contributed by atoms with E-state index >= 15 is 0 Å². The van der Waals surface area contributed by atoms with Crippen LogP contribution in [0.25, 0.3) is 0 Å². The molecule has 3 rings (SSSR count). The summed E-state index contributed by atoms with van der Waals surface area (Å²) in [5, 5.41) is 7.95. The first-order valence-electron chi connectivity index (χ1n) is 7.97. The molecule has 3 aromatic rings. The normalized spacial score (nSPS) is 9.44. The number of thiazole rings is 3. The molecule has 1 N–H and O–H groups in total. The van der Waals surface area contributed by atoms with Crippen LogP contribution < -0.4 is 5.32 Å². The second-order valence-electron chi connectivity index (χ2n) is 4.86. The van der Waals surface area contributed by atoms with Gasteiger partial charge >= 0.3 is 0 Å². The van der Waals surface area contributed by atoms with E-state index in [1.54, 1.807) is 40.2 Å². The molecule has 0 radical (unpaired) electrons. The van der Waals surface area contributed by atoms with Gasteiger partial charge in [0, 0.05) is 33.7 Å². The molecule has 0 saturated heterocycles. The number of rotatable bonds is 5. The molecule has 0 aliphatic rings. The number of amides is 1. The van der Waals surface area contributed by atoms with Gasteiger partial charge in [0.2, 0.25) is 6.41 Å². The van der Waals surface area contributed by atoms with Gasteiger partial charge in [0.15, 0.2) is 0 Å². The lowest BCUT2D eigenvalue weighted by molar-refractivity contribution is -0.109. The summed E-state index contributed by atoms with van der Waals surface area (Å²) in [4.78, 5) is 24.6. The first-order valence-corrected chi connectivity index (χ1v) is 10.5. The van der Waals surface area contributed by atoms with Crippen LogP contribution in [0.1, 0.15) is 38.6 Å². The fourth-order valence-corrected chi connectivity index (χ4v) is 3.64. The first-order chi connectivity index (χ1) is 12.1. The topological polar surface area (TPSA) is 67.8 Å². The standard InChI is InChI=1S/C6H8N2OS.C6H9NS.C5H7NS/c1-5-2-8-6(10-5)3-7-4-9;1-3-6-7-4-5(2)8-6;1-2-5-6-3-4-7-5/h2,4H,3H2,1H3,(H,7,9);4H,3H2,1-2H3;3-4H,2H2,1H3. The van der Waals surface area contributed by atoms with E-state index in [9.17, 15) is 4.79 Å². The molecule has 0 unspecified atom stereocenters. The number of carbonyl (C=O) groups excluding carboxylic acids is 1. The molecule has 0 aliphatic carbocycles. The zero-order valence-electron chi connectivity index (χ0n) is 15.0. The molecule has 0 aliphatic heterocycles. The van der Waals surface area contributed by atoms with Crippen molar-refractivity contribution >= 4 is 40.4 Å². The monoisotopic (exact) mass is 396 g/mol. The maximum atomic E-state index is 9.85. The highest BCUT2D eigenvalue weighted by molar-refractivity contribution is 7.11. The van der Waals surface area contributed by atoms with Crippen LogP contribution in [0.3, 0.4) is 0 Å². The molecular formula is C17H24N4OS3. The molecule has 1 amide bonds. The minimum absolute atomic E-state index is 0.544. The molecule has 5 nitrogen and oxygen atoms in total. The number of nitrogens with zero attached hydrogens (tertiary/aromatic N) is 3. The summed E-state index contributed by atoms with van der Waals surface area (Å²) >= 11 is 5.08. The third-order valence-electron chi connectivity index (χ3n) is 2.76. The molecule has 3 heterocycles. The van der Waals surface area contributed by atoms with Crippen LogP contribution in [0, 0.1) is 13.8 Å². The highest BCUT2D eigenvalue weighted by Crippen LogP contribution is 2.10. The Balaban J connectivity index is 0.000000191. The van der Waals surface area contributed by atoms with Gasteiger partial charge in [-0.2, -0.15) is 0 Å². The summed E-state index contributed by atoms with van der Waals surface area (Å²) in [7, 11) is 0. The lowest BCUT2D eigenvalue weighted by atomic mass is 10.5. The van der Waals surface area contributed by atoms with Gasteiger partial charge in [-0.25, -0.2) is 15.0 Å². The summed E-state index contributed by atoms with van der Waals surface area (Å²) in [6.45, 7) is 8.85. The molecule has 0 spiro atoms. The van der Waals surface area contributed by atoms with Crippen molar-refractivity contribution in [2.45, 2.75) is 47.1 Å². The average Bonchev–Trinajstić information content (AvgIpc) is 3.36. The molecule has 3 aromatic heterocycles. The van der Waals surface area contributed by atoms with E-state index in [1.165, 1.54) is 19.8 Å². The van der Waals surface area contributed by atoms with Gasteiger partial charge in [-0.1, -0.05) is 13.8 Å². The van der Waals surface area contributed by atoms with Crippen LogP contribution in [0.4, 0.5) is 0 Å². The number of hydrogen-bond donors (Lipinski definition) is 1. The largest absolute Gasteiger partial charge is 0.352 e.